The van der Waals surface area contributed by atoms with E-state index in [1.54, 1.807) is 4.57 Å². The molecule has 1 aliphatic rings. The summed E-state index contributed by atoms with van der Waals surface area (Å²) in [4.78, 5) is 22.4. The van der Waals surface area contributed by atoms with Crippen LogP contribution in [0.2, 0.25) is 0 Å². The SMILES string of the molecule is CC(C(=CC(=O)O)C(=O)O)[C@@H](N)n1c2c(c3c(F)c(F)ccc31)CCC2. The number of aliphatic carboxylic acids is 2. The van der Waals surface area contributed by atoms with Gasteiger partial charge in [0.2, 0.25) is 0 Å². The molecule has 3 rings (SSSR count). The van der Waals surface area contributed by atoms with Gasteiger partial charge < -0.3 is 20.5 Å². The quantitative estimate of drug-likeness (QED) is 0.707. The lowest BCUT2D eigenvalue weighted by atomic mass is 9.97. The van der Waals surface area contributed by atoms with Crippen molar-refractivity contribution in [1.82, 2.24) is 4.57 Å². The third-order valence-corrected chi connectivity index (χ3v) is 4.94. The fraction of sp³-hybridized carbons (Fsp3) is 0.333. The molecule has 0 spiro atoms. The Bertz CT molecular complexity index is 949. The van der Waals surface area contributed by atoms with Crippen LogP contribution in [0.4, 0.5) is 8.78 Å². The van der Waals surface area contributed by atoms with E-state index in [1.807, 2.05) is 0 Å². The van der Waals surface area contributed by atoms with Gasteiger partial charge in [-0.1, -0.05) is 6.92 Å². The van der Waals surface area contributed by atoms with Crippen LogP contribution in [0.1, 0.15) is 30.8 Å². The van der Waals surface area contributed by atoms with E-state index in [-0.39, 0.29) is 11.0 Å². The van der Waals surface area contributed by atoms with Crippen molar-refractivity contribution < 1.29 is 28.6 Å². The molecule has 1 unspecified atom stereocenters. The molecule has 26 heavy (non-hydrogen) atoms. The van der Waals surface area contributed by atoms with Gasteiger partial charge in [0.05, 0.1) is 17.3 Å². The molecule has 1 aromatic heterocycles. The van der Waals surface area contributed by atoms with E-state index >= 15 is 0 Å². The molecule has 4 N–H and O–H groups in total. The van der Waals surface area contributed by atoms with Gasteiger partial charge in [-0.15, -0.1) is 0 Å². The first-order chi connectivity index (χ1) is 12.2. The van der Waals surface area contributed by atoms with Crippen LogP contribution in [0.15, 0.2) is 23.8 Å². The predicted molar refractivity (Wildman–Crippen MR) is 89.6 cm³/mol. The Morgan fingerprint density at radius 2 is 1.96 bits per heavy atom. The highest BCUT2D eigenvalue weighted by molar-refractivity contribution is 5.95. The van der Waals surface area contributed by atoms with Crippen LogP contribution in [0.3, 0.4) is 0 Å². The average molecular weight is 364 g/mol. The van der Waals surface area contributed by atoms with Crippen molar-refractivity contribution in [2.75, 3.05) is 0 Å². The Balaban J connectivity index is 2.18. The second-order valence-electron chi connectivity index (χ2n) is 6.43. The number of fused-ring (bicyclic) bond motifs is 3. The highest BCUT2D eigenvalue weighted by Crippen LogP contribution is 2.38. The van der Waals surface area contributed by atoms with Crippen LogP contribution in [-0.4, -0.2) is 26.7 Å². The van der Waals surface area contributed by atoms with E-state index in [9.17, 15) is 23.5 Å². The number of rotatable bonds is 5. The van der Waals surface area contributed by atoms with Crippen molar-refractivity contribution >= 4 is 22.8 Å². The first-order valence-electron chi connectivity index (χ1n) is 8.17. The summed E-state index contributed by atoms with van der Waals surface area (Å²) in [6.07, 6.45) is 1.62. The molecular formula is C18H18F2N2O4. The normalized spacial score (nSPS) is 16.5. The molecule has 0 saturated heterocycles. The molecule has 1 aliphatic carbocycles. The van der Waals surface area contributed by atoms with Crippen molar-refractivity contribution in [3.8, 4) is 0 Å². The Morgan fingerprint density at radius 1 is 1.27 bits per heavy atom. The van der Waals surface area contributed by atoms with Crippen molar-refractivity contribution in [2.45, 2.75) is 32.4 Å². The number of hydrogen-bond acceptors (Lipinski definition) is 3. The van der Waals surface area contributed by atoms with Crippen LogP contribution in [0, 0.1) is 17.6 Å². The summed E-state index contributed by atoms with van der Waals surface area (Å²) < 4.78 is 29.7. The number of carbonyl (C=O) groups is 2. The molecule has 8 heteroatoms. The maximum Gasteiger partial charge on any atom is 0.332 e. The molecule has 0 radical (unpaired) electrons. The molecule has 0 amide bonds. The van der Waals surface area contributed by atoms with Crippen molar-refractivity contribution in [1.29, 1.82) is 0 Å². The Kier molecular flexibility index (Phi) is 4.53. The summed E-state index contributed by atoms with van der Waals surface area (Å²) >= 11 is 0. The summed E-state index contributed by atoms with van der Waals surface area (Å²) in [5.41, 5.74) is 7.72. The lowest BCUT2D eigenvalue weighted by Crippen LogP contribution is -2.30. The first-order valence-corrected chi connectivity index (χ1v) is 8.17. The van der Waals surface area contributed by atoms with Gasteiger partial charge in [0, 0.05) is 23.1 Å². The van der Waals surface area contributed by atoms with Gasteiger partial charge in [-0.25, -0.2) is 18.4 Å². The van der Waals surface area contributed by atoms with Crippen LogP contribution in [0.25, 0.3) is 10.9 Å². The molecule has 1 aromatic carbocycles. The predicted octanol–water partition coefficient (Wildman–Crippen LogP) is 2.60. The Hall–Kier alpha value is -2.74. The zero-order chi connectivity index (χ0) is 19.2. The molecule has 0 aliphatic heterocycles. The molecule has 0 bridgehead atoms. The Labute approximate surface area is 147 Å². The average Bonchev–Trinajstić information content (AvgIpc) is 3.14. The summed E-state index contributed by atoms with van der Waals surface area (Å²) in [5, 5.41) is 18.4. The zero-order valence-electron chi connectivity index (χ0n) is 14.0. The lowest BCUT2D eigenvalue weighted by molar-refractivity contribution is -0.135. The standard InChI is InChI=1S/C18H18F2N2O4/c1-8(10(18(25)26)7-14(23)24)17(21)22-12-4-2-3-9(12)15-13(22)6-5-11(19)16(15)20/h5-8,17H,2-4,21H2,1H3,(H,23,24)(H,25,26)/t8?,17-/m0/s1. The molecule has 1 heterocycles. The van der Waals surface area contributed by atoms with E-state index in [0.29, 0.717) is 30.0 Å². The van der Waals surface area contributed by atoms with Gasteiger partial charge >= 0.3 is 11.9 Å². The van der Waals surface area contributed by atoms with Crippen LogP contribution in [-0.2, 0) is 22.4 Å². The minimum absolute atomic E-state index is 0.166. The molecule has 6 nitrogen and oxygen atoms in total. The van der Waals surface area contributed by atoms with Gasteiger partial charge in [0.15, 0.2) is 11.6 Å². The van der Waals surface area contributed by atoms with Crippen molar-refractivity contribution in [3.05, 3.63) is 46.7 Å². The summed E-state index contributed by atoms with van der Waals surface area (Å²) in [6.45, 7) is 1.50. The zero-order valence-corrected chi connectivity index (χ0v) is 14.0. The van der Waals surface area contributed by atoms with E-state index in [4.69, 9.17) is 10.8 Å². The molecule has 0 fully saturated rings. The van der Waals surface area contributed by atoms with E-state index in [2.05, 4.69) is 0 Å². The number of carboxylic acid groups (broad SMARTS) is 2. The number of hydrogen-bond donors (Lipinski definition) is 3. The number of halogens is 2. The van der Waals surface area contributed by atoms with E-state index in [1.165, 1.54) is 13.0 Å². The monoisotopic (exact) mass is 364 g/mol. The largest absolute Gasteiger partial charge is 0.478 e. The number of nitrogens with two attached hydrogens (primary N) is 1. The van der Waals surface area contributed by atoms with Gasteiger partial charge in [-0.05, 0) is 37.0 Å². The fourth-order valence-electron chi connectivity index (χ4n) is 3.71. The third-order valence-electron chi connectivity index (χ3n) is 4.94. The van der Waals surface area contributed by atoms with Crippen molar-refractivity contribution in [3.63, 3.8) is 0 Å². The van der Waals surface area contributed by atoms with Crippen molar-refractivity contribution in [2.24, 2.45) is 11.7 Å². The summed E-state index contributed by atoms with van der Waals surface area (Å²) in [5.74, 6) is -5.54. The number of nitrogens with zero attached hydrogens (tertiary/aromatic N) is 1. The third kappa shape index (κ3) is 2.76. The molecular weight excluding hydrogens is 346 g/mol. The number of aromatic nitrogens is 1. The van der Waals surface area contributed by atoms with Crippen LogP contribution < -0.4 is 5.73 Å². The molecule has 2 atom stereocenters. The first kappa shape index (κ1) is 18.1. The number of benzene rings is 1. The second kappa shape index (κ2) is 6.53. The van der Waals surface area contributed by atoms with Gasteiger partial charge in [0.1, 0.15) is 0 Å². The van der Waals surface area contributed by atoms with Crippen LogP contribution >= 0.6 is 0 Å². The maximum atomic E-state index is 14.4. The molecule has 0 saturated carbocycles. The van der Waals surface area contributed by atoms with Crippen LogP contribution in [0.5, 0.6) is 0 Å². The topological polar surface area (TPSA) is 106 Å². The Morgan fingerprint density at radius 3 is 2.58 bits per heavy atom. The number of aryl methyl sites for hydroxylation is 1. The minimum atomic E-state index is -1.39. The maximum absolute atomic E-state index is 14.4. The minimum Gasteiger partial charge on any atom is -0.478 e. The highest BCUT2D eigenvalue weighted by Gasteiger charge is 2.31. The van der Waals surface area contributed by atoms with Gasteiger partial charge in [-0.3, -0.25) is 0 Å². The van der Waals surface area contributed by atoms with Gasteiger partial charge in [0.25, 0.3) is 0 Å². The van der Waals surface area contributed by atoms with E-state index in [0.717, 1.165) is 18.2 Å². The smallest absolute Gasteiger partial charge is 0.332 e. The molecule has 2 aromatic rings. The second-order valence-corrected chi connectivity index (χ2v) is 6.43. The summed E-state index contributed by atoms with van der Waals surface area (Å²) in [6, 6.07) is 2.42. The fourth-order valence-corrected chi connectivity index (χ4v) is 3.71. The van der Waals surface area contributed by atoms with E-state index < -0.39 is 35.7 Å². The molecule has 138 valence electrons. The summed E-state index contributed by atoms with van der Waals surface area (Å²) in [7, 11) is 0. The highest BCUT2D eigenvalue weighted by atomic mass is 19.2. The van der Waals surface area contributed by atoms with Gasteiger partial charge in [-0.2, -0.15) is 0 Å². The number of carboxylic acids is 2. The lowest BCUT2D eigenvalue weighted by Gasteiger charge is -2.25.